The molecule has 0 heterocycles. The highest BCUT2D eigenvalue weighted by atomic mass is 35.5. The molecule has 0 unspecified atom stereocenters. The van der Waals surface area contributed by atoms with Crippen molar-refractivity contribution >= 4 is 45.9 Å². The van der Waals surface area contributed by atoms with E-state index in [4.69, 9.17) is 17.5 Å². The molecule has 0 aromatic heterocycles. The van der Waals surface area contributed by atoms with Crippen molar-refractivity contribution in [3.8, 4) is 0 Å². The van der Waals surface area contributed by atoms with E-state index in [0.29, 0.717) is 0 Å². The molecular weight excluding hydrogens is 170 g/mol. The van der Waals surface area contributed by atoms with E-state index in [1.807, 2.05) is 0 Å². The van der Waals surface area contributed by atoms with Crippen molar-refractivity contribution in [2.45, 2.75) is 0 Å². The topological polar surface area (TPSA) is 110 Å². The lowest BCUT2D eigenvalue weighted by Gasteiger charge is -1.68. The van der Waals surface area contributed by atoms with Crippen LogP contribution in [-0.2, 0) is 10.4 Å². The molecule has 0 aliphatic carbocycles. The first-order valence-electron chi connectivity index (χ1n) is 0.698. The smallest absolute Gasteiger partial charge is 0.344 e. The Morgan fingerprint density at radius 1 is 1.12 bits per heavy atom. The lowest BCUT2D eigenvalue weighted by atomic mass is 14.0. The fraction of sp³-hybridized carbons (Fsp3) is 0. The van der Waals surface area contributed by atoms with Crippen molar-refractivity contribution in [2.75, 3.05) is 0 Å². The molecule has 0 aliphatic rings. The Balaban J connectivity index is -0.0000000267. The summed E-state index contributed by atoms with van der Waals surface area (Å²) in [6.07, 6.45) is 0. The minimum atomic E-state index is -4.67. The van der Waals surface area contributed by atoms with Crippen molar-refractivity contribution in [3.05, 3.63) is 0 Å². The van der Waals surface area contributed by atoms with Crippen LogP contribution in [0.1, 0.15) is 0 Å². The van der Waals surface area contributed by atoms with Gasteiger partial charge in [0.1, 0.15) is 0 Å². The number of hydrogen-bond acceptors (Lipinski definition) is 3. The molecule has 0 bridgehead atoms. The van der Waals surface area contributed by atoms with Crippen LogP contribution in [0, 0.1) is 0 Å². The highest BCUT2D eigenvalue weighted by Crippen LogP contribution is 1.59. The Morgan fingerprint density at radius 2 is 1.12 bits per heavy atom. The summed E-state index contributed by atoms with van der Waals surface area (Å²) < 4.78 is 31.6. The highest BCUT2D eigenvalue weighted by molar-refractivity contribution is 7.79. The van der Waals surface area contributed by atoms with E-state index in [1.54, 1.807) is 0 Å². The van der Waals surface area contributed by atoms with Gasteiger partial charge in [-0.3, -0.25) is 9.11 Å². The maximum Gasteiger partial charge on any atom is 0.394 e. The molecule has 5 N–H and O–H groups in total. The van der Waals surface area contributed by atoms with E-state index in [9.17, 15) is 0 Å². The summed E-state index contributed by atoms with van der Waals surface area (Å²) in [5.74, 6) is 0. The van der Waals surface area contributed by atoms with Gasteiger partial charge in [-0.1, -0.05) is 0 Å². The van der Waals surface area contributed by atoms with E-state index in [1.165, 1.54) is 0 Å². The van der Waals surface area contributed by atoms with Crippen LogP contribution < -0.4 is 6.15 Å². The first-order valence-corrected chi connectivity index (χ1v) is 2.10. The first-order chi connectivity index (χ1) is 2.00. The fourth-order valence-electron chi connectivity index (χ4n) is 0. The second kappa shape index (κ2) is 7.89. The Hall–Kier alpha value is 0.886. The molecular formula is H8ClMgNO4S. The maximum atomic E-state index is 8.74. The normalized spacial score (nSPS) is 7.25. The number of halogens is 1. The molecule has 0 spiro atoms. The third-order valence-corrected chi connectivity index (χ3v) is 0. The summed E-state index contributed by atoms with van der Waals surface area (Å²) in [5.41, 5.74) is 0. The Bertz CT molecular complexity index is 99.2. The van der Waals surface area contributed by atoms with Crippen LogP contribution in [0.2, 0.25) is 0 Å². The highest BCUT2D eigenvalue weighted by Gasteiger charge is 1.84. The molecule has 0 fully saturated rings. The zero-order chi connectivity index (χ0) is 4.50. The van der Waals surface area contributed by atoms with Gasteiger partial charge in [-0.15, -0.1) is 12.4 Å². The molecule has 0 radical (unpaired) electrons. The summed E-state index contributed by atoms with van der Waals surface area (Å²) in [5, 5.41) is 0. The predicted molar refractivity (Wildman–Crippen MR) is 35.0 cm³/mol. The van der Waals surface area contributed by atoms with Crippen LogP contribution in [0.15, 0.2) is 0 Å². The summed E-state index contributed by atoms with van der Waals surface area (Å²) in [6, 6.07) is 0. The zero-order valence-corrected chi connectivity index (χ0v) is 4.87. The lowest BCUT2D eigenvalue weighted by Crippen LogP contribution is -1.89. The third-order valence-electron chi connectivity index (χ3n) is 0. The van der Waals surface area contributed by atoms with Crippen molar-refractivity contribution in [2.24, 2.45) is 0 Å². The second-order valence-corrected chi connectivity index (χ2v) is 1.34. The van der Waals surface area contributed by atoms with E-state index in [-0.39, 0.29) is 41.6 Å². The number of hydrogen-bond donors (Lipinski definition) is 3. The molecule has 8 heavy (non-hydrogen) atoms. The Labute approximate surface area is 69.6 Å². The molecule has 8 heteroatoms. The maximum absolute atomic E-state index is 8.74. The standard InChI is InChI=1S/ClH.Mg.H3N.H2O4S.2H/c;;;1-5(2,3)4;;/h1H;;1H3;(H2,1,2,3,4);;. The molecule has 52 valence electrons. The van der Waals surface area contributed by atoms with Crippen LogP contribution >= 0.6 is 12.4 Å². The zero-order valence-electron chi connectivity index (χ0n) is 3.23. The Kier molecular flexibility index (Phi) is 22.8. The third kappa shape index (κ3) is 304. The van der Waals surface area contributed by atoms with Gasteiger partial charge in [0.15, 0.2) is 0 Å². The average Bonchev–Trinajstić information content (AvgIpc) is 0.722. The summed E-state index contributed by atoms with van der Waals surface area (Å²) in [6.45, 7) is 0. The van der Waals surface area contributed by atoms with E-state index in [2.05, 4.69) is 0 Å². The first kappa shape index (κ1) is 23.1. The van der Waals surface area contributed by atoms with Gasteiger partial charge in [0.05, 0.1) is 0 Å². The lowest BCUT2D eigenvalue weighted by molar-refractivity contribution is 0.381. The largest absolute Gasteiger partial charge is 0.394 e. The SMILES string of the molecule is Cl.N.O=S(=O)(O)O.[MgH2]. The van der Waals surface area contributed by atoms with Crippen molar-refractivity contribution < 1.29 is 17.5 Å². The van der Waals surface area contributed by atoms with Gasteiger partial charge in [-0.2, -0.15) is 8.42 Å². The molecule has 0 saturated heterocycles. The van der Waals surface area contributed by atoms with Crippen molar-refractivity contribution in [3.63, 3.8) is 0 Å². The van der Waals surface area contributed by atoms with Gasteiger partial charge in [0, 0.05) is 0 Å². The van der Waals surface area contributed by atoms with Gasteiger partial charge in [-0.25, -0.2) is 0 Å². The Morgan fingerprint density at radius 3 is 1.12 bits per heavy atom. The molecule has 0 aliphatic heterocycles. The minimum Gasteiger partial charge on any atom is -0.344 e. The quantitative estimate of drug-likeness (QED) is 0.326. The minimum absolute atomic E-state index is 0. The van der Waals surface area contributed by atoms with Crippen LogP contribution in [0.25, 0.3) is 0 Å². The van der Waals surface area contributed by atoms with Gasteiger partial charge >= 0.3 is 33.5 Å². The molecule has 0 rings (SSSR count). The second-order valence-electron chi connectivity index (χ2n) is 0.448. The number of rotatable bonds is 0. The summed E-state index contributed by atoms with van der Waals surface area (Å²) in [7, 11) is -4.67. The van der Waals surface area contributed by atoms with E-state index >= 15 is 0 Å². The molecule has 0 aromatic carbocycles. The monoisotopic (exact) mass is 177 g/mol. The van der Waals surface area contributed by atoms with Gasteiger partial charge in [-0.05, 0) is 0 Å². The van der Waals surface area contributed by atoms with Crippen LogP contribution in [-0.4, -0.2) is 40.6 Å². The van der Waals surface area contributed by atoms with Gasteiger partial charge < -0.3 is 6.15 Å². The molecule has 0 atom stereocenters. The van der Waals surface area contributed by atoms with Crippen molar-refractivity contribution in [1.29, 1.82) is 0 Å². The van der Waals surface area contributed by atoms with Gasteiger partial charge in [0.25, 0.3) is 0 Å². The van der Waals surface area contributed by atoms with Crippen LogP contribution in [0.3, 0.4) is 0 Å². The predicted octanol–water partition coefficient (Wildman–Crippen LogP) is -0.985. The fourth-order valence-corrected chi connectivity index (χ4v) is 0. The molecule has 0 saturated carbocycles. The molecule has 0 aromatic rings. The van der Waals surface area contributed by atoms with Gasteiger partial charge in [0.2, 0.25) is 0 Å². The van der Waals surface area contributed by atoms with E-state index in [0.717, 1.165) is 0 Å². The average molecular weight is 178 g/mol. The van der Waals surface area contributed by atoms with Crippen LogP contribution in [0.5, 0.6) is 0 Å². The molecule has 5 nitrogen and oxygen atoms in total. The summed E-state index contributed by atoms with van der Waals surface area (Å²) >= 11 is 0. The molecule has 0 amide bonds. The van der Waals surface area contributed by atoms with Crippen molar-refractivity contribution in [1.82, 2.24) is 6.15 Å². The van der Waals surface area contributed by atoms with Crippen LogP contribution in [0.4, 0.5) is 0 Å². The van der Waals surface area contributed by atoms with E-state index < -0.39 is 10.4 Å². The summed E-state index contributed by atoms with van der Waals surface area (Å²) in [4.78, 5) is 0.